The summed E-state index contributed by atoms with van der Waals surface area (Å²) in [6.45, 7) is 2.54. The van der Waals surface area contributed by atoms with Gasteiger partial charge >= 0.3 is 0 Å². The number of aryl methyl sites for hydroxylation is 1. The smallest absolute Gasteiger partial charge is 0.131 e. The predicted octanol–water partition coefficient (Wildman–Crippen LogP) is 3.54. The van der Waals surface area contributed by atoms with Crippen LogP contribution in [0.1, 0.15) is 23.2 Å². The van der Waals surface area contributed by atoms with Crippen molar-refractivity contribution in [1.29, 1.82) is 0 Å². The average Bonchev–Trinajstić information content (AvgIpc) is 2.86. The maximum absolute atomic E-state index is 9.17. The molecule has 0 saturated heterocycles. The first kappa shape index (κ1) is 13.5. The molecule has 0 saturated carbocycles. The van der Waals surface area contributed by atoms with E-state index in [2.05, 4.69) is 27.8 Å². The topological polar surface area (TPSA) is 42.4 Å². The minimum Gasteiger partial charge on any atom is -0.487 e. The lowest BCUT2D eigenvalue weighted by Crippen LogP contribution is -1.97. The van der Waals surface area contributed by atoms with Crippen molar-refractivity contribution in [3.8, 4) is 5.75 Å². The lowest BCUT2D eigenvalue weighted by molar-refractivity contribution is 0.276. The van der Waals surface area contributed by atoms with E-state index in [1.165, 1.54) is 0 Å². The summed E-state index contributed by atoms with van der Waals surface area (Å²) in [5.74, 6) is 0.744. The first-order valence-corrected chi connectivity index (χ1v) is 7.35. The molecule has 0 unspecified atom stereocenters. The predicted molar refractivity (Wildman–Crippen MR) is 75.9 cm³/mol. The molecule has 0 aliphatic carbocycles. The summed E-state index contributed by atoms with van der Waals surface area (Å²) in [7, 11) is 0. The molecule has 0 amide bonds. The van der Waals surface area contributed by atoms with E-state index in [0.717, 1.165) is 32.9 Å². The Kier molecular flexibility index (Phi) is 4.74. The Balaban J connectivity index is 2.01. The zero-order chi connectivity index (χ0) is 13.0. The molecule has 0 aliphatic rings. The number of aromatic nitrogens is 1. The number of aliphatic hydroxyl groups is 1. The summed E-state index contributed by atoms with van der Waals surface area (Å²) in [6.07, 6.45) is 0.956. The van der Waals surface area contributed by atoms with E-state index in [0.29, 0.717) is 6.61 Å². The number of halogens is 1. The summed E-state index contributed by atoms with van der Waals surface area (Å²) in [5.41, 5.74) is 1.77. The van der Waals surface area contributed by atoms with Crippen LogP contribution >= 0.6 is 27.3 Å². The van der Waals surface area contributed by atoms with E-state index in [1.807, 2.05) is 23.6 Å². The third kappa shape index (κ3) is 3.31. The molecule has 0 bridgehead atoms. The maximum atomic E-state index is 9.17. The lowest BCUT2D eigenvalue weighted by Gasteiger charge is -2.07. The van der Waals surface area contributed by atoms with Crippen LogP contribution in [0.5, 0.6) is 5.75 Å². The first-order chi connectivity index (χ1) is 8.72. The zero-order valence-corrected chi connectivity index (χ0v) is 12.4. The minimum atomic E-state index is -0.00549. The van der Waals surface area contributed by atoms with Crippen LogP contribution in [0.3, 0.4) is 0 Å². The molecular formula is C13H14BrNO2S. The number of thiazole rings is 1. The molecule has 0 atom stereocenters. The molecule has 2 aromatic rings. The Bertz CT molecular complexity index is 527. The van der Waals surface area contributed by atoms with Gasteiger partial charge in [0.15, 0.2) is 0 Å². The molecule has 5 heteroatoms. The van der Waals surface area contributed by atoms with Gasteiger partial charge in [0, 0.05) is 9.85 Å². The van der Waals surface area contributed by atoms with Gasteiger partial charge in [0.05, 0.1) is 17.3 Å². The quantitative estimate of drug-likeness (QED) is 0.913. The molecule has 0 fully saturated rings. The van der Waals surface area contributed by atoms with Crippen LogP contribution in [0.25, 0.3) is 0 Å². The van der Waals surface area contributed by atoms with Crippen molar-refractivity contribution >= 4 is 27.3 Å². The number of hydrogen-bond acceptors (Lipinski definition) is 4. The number of aliphatic hydroxyl groups excluding tert-OH is 1. The zero-order valence-electron chi connectivity index (χ0n) is 10.0. The minimum absolute atomic E-state index is 0.00549. The molecule has 0 spiro atoms. The Labute approximate surface area is 119 Å². The van der Waals surface area contributed by atoms with E-state index in [9.17, 15) is 0 Å². The maximum Gasteiger partial charge on any atom is 0.131 e. The highest BCUT2D eigenvalue weighted by atomic mass is 79.9. The molecule has 96 valence electrons. The number of benzene rings is 1. The summed E-state index contributed by atoms with van der Waals surface area (Å²) in [5, 5.41) is 12.3. The van der Waals surface area contributed by atoms with Crippen molar-refractivity contribution < 1.29 is 9.84 Å². The highest BCUT2D eigenvalue weighted by Gasteiger charge is 2.04. The number of hydrogen-bond donors (Lipinski definition) is 1. The van der Waals surface area contributed by atoms with Gasteiger partial charge in [-0.3, -0.25) is 0 Å². The van der Waals surface area contributed by atoms with Crippen LogP contribution < -0.4 is 4.74 Å². The van der Waals surface area contributed by atoms with Crippen molar-refractivity contribution in [1.82, 2.24) is 4.98 Å². The van der Waals surface area contributed by atoms with Crippen LogP contribution in [-0.2, 0) is 19.6 Å². The van der Waals surface area contributed by atoms with Gasteiger partial charge < -0.3 is 9.84 Å². The molecule has 1 N–H and O–H groups in total. The standard InChI is InChI=1S/C13H14BrNO2S/c1-2-13-15-10(8-18-13)7-17-11-3-4-12(14)9(5-11)6-16/h3-5,8,16H,2,6-7H2,1H3. The van der Waals surface area contributed by atoms with Crippen molar-refractivity contribution in [3.63, 3.8) is 0 Å². The van der Waals surface area contributed by atoms with Gasteiger partial charge in [-0.2, -0.15) is 0 Å². The highest BCUT2D eigenvalue weighted by molar-refractivity contribution is 9.10. The molecular weight excluding hydrogens is 314 g/mol. The fourth-order valence-corrected chi connectivity index (χ4v) is 2.60. The Morgan fingerprint density at radius 2 is 2.28 bits per heavy atom. The normalized spacial score (nSPS) is 10.6. The lowest BCUT2D eigenvalue weighted by atomic mass is 10.2. The van der Waals surface area contributed by atoms with E-state index < -0.39 is 0 Å². The van der Waals surface area contributed by atoms with Gasteiger partial charge in [0.25, 0.3) is 0 Å². The third-order valence-electron chi connectivity index (χ3n) is 2.48. The van der Waals surface area contributed by atoms with Crippen LogP contribution in [-0.4, -0.2) is 10.1 Å². The second-order valence-electron chi connectivity index (χ2n) is 3.79. The average molecular weight is 328 g/mol. The Morgan fingerprint density at radius 3 is 2.94 bits per heavy atom. The van der Waals surface area contributed by atoms with E-state index in [4.69, 9.17) is 9.84 Å². The summed E-state index contributed by atoms with van der Waals surface area (Å²) < 4.78 is 6.55. The van der Waals surface area contributed by atoms with Gasteiger partial charge in [0.1, 0.15) is 12.4 Å². The van der Waals surface area contributed by atoms with Crippen LogP contribution in [0, 0.1) is 0 Å². The second kappa shape index (κ2) is 6.31. The number of rotatable bonds is 5. The molecule has 2 rings (SSSR count). The van der Waals surface area contributed by atoms with E-state index in [-0.39, 0.29) is 6.61 Å². The molecule has 1 aromatic carbocycles. The highest BCUT2D eigenvalue weighted by Crippen LogP contribution is 2.23. The molecule has 3 nitrogen and oxygen atoms in total. The monoisotopic (exact) mass is 327 g/mol. The van der Waals surface area contributed by atoms with Gasteiger partial charge in [-0.25, -0.2) is 4.98 Å². The molecule has 1 heterocycles. The summed E-state index contributed by atoms with van der Waals surface area (Å²) >= 11 is 5.03. The van der Waals surface area contributed by atoms with Crippen LogP contribution in [0.15, 0.2) is 28.1 Å². The molecule has 0 radical (unpaired) electrons. The van der Waals surface area contributed by atoms with Crippen LogP contribution in [0.2, 0.25) is 0 Å². The van der Waals surface area contributed by atoms with Gasteiger partial charge in [-0.05, 0) is 30.2 Å². The van der Waals surface area contributed by atoms with Crippen molar-refractivity contribution in [3.05, 3.63) is 44.3 Å². The van der Waals surface area contributed by atoms with Crippen LogP contribution in [0.4, 0.5) is 0 Å². The number of nitrogens with zero attached hydrogens (tertiary/aromatic N) is 1. The summed E-state index contributed by atoms with van der Waals surface area (Å²) in [6, 6.07) is 5.58. The van der Waals surface area contributed by atoms with E-state index in [1.54, 1.807) is 11.3 Å². The first-order valence-electron chi connectivity index (χ1n) is 5.68. The largest absolute Gasteiger partial charge is 0.487 e. The second-order valence-corrected chi connectivity index (χ2v) is 5.58. The Hall–Kier alpha value is -0.910. The van der Waals surface area contributed by atoms with Gasteiger partial charge in [-0.15, -0.1) is 11.3 Å². The SMILES string of the molecule is CCc1nc(COc2ccc(Br)c(CO)c2)cs1. The third-order valence-corrected chi connectivity index (χ3v) is 4.29. The van der Waals surface area contributed by atoms with Gasteiger partial charge in [0.2, 0.25) is 0 Å². The van der Waals surface area contributed by atoms with E-state index >= 15 is 0 Å². The number of ether oxygens (including phenoxy) is 1. The fraction of sp³-hybridized carbons (Fsp3) is 0.308. The molecule has 18 heavy (non-hydrogen) atoms. The van der Waals surface area contributed by atoms with Crippen molar-refractivity contribution in [2.24, 2.45) is 0 Å². The van der Waals surface area contributed by atoms with Crippen molar-refractivity contribution in [2.45, 2.75) is 26.6 Å². The van der Waals surface area contributed by atoms with Gasteiger partial charge in [-0.1, -0.05) is 22.9 Å². The Morgan fingerprint density at radius 1 is 1.44 bits per heavy atom. The summed E-state index contributed by atoms with van der Waals surface area (Å²) in [4.78, 5) is 4.44. The fourth-order valence-electron chi connectivity index (χ4n) is 1.50. The van der Waals surface area contributed by atoms with Crippen molar-refractivity contribution in [2.75, 3.05) is 0 Å². The molecule has 1 aromatic heterocycles. The molecule has 0 aliphatic heterocycles.